The molecule has 0 N–H and O–H groups in total. The number of likely N-dealkylation sites (tertiary alicyclic amines) is 1. The Morgan fingerprint density at radius 2 is 1.89 bits per heavy atom. The van der Waals surface area contributed by atoms with Crippen molar-refractivity contribution in [1.29, 1.82) is 0 Å². The van der Waals surface area contributed by atoms with Crippen LogP contribution in [0.3, 0.4) is 0 Å². The molecule has 4 aromatic rings. The number of carbonyl (C=O) groups is 1. The van der Waals surface area contributed by atoms with Gasteiger partial charge in [0.1, 0.15) is 22.7 Å². The Bertz CT molecular complexity index is 1940. The van der Waals surface area contributed by atoms with Crippen molar-refractivity contribution in [2.45, 2.75) is 51.2 Å². The van der Waals surface area contributed by atoms with Crippen molar-refractivity contribution in [1.82, 2.24) is 9.47 Å². The first kappa shape index (κ1) is 27.9. The molecule has 1 fully saturated rings. The van der Waals surface area contributed by atoms with E-state index < -0.39 is 27.4 Å². The number of rotatable bonds is 5. The number of hydrogen-bond donors (Lipinski definition) is 0. The largest absolute Gasteiger partial charge is 0.487 e. The van der Waals surface area contributed by atoms with Crippen molar-refractivity contribution in [2.24, 2.45) is 5.92 Å². The molecule has 226 valence electrons. The number of benzene rings is 2. The van der Waals surface area contributed by atoms with Crippen molar-refractivity contribution >= 4 is 22.6 Å². The lowest BCUT2D eigenvalue weighted by Crippen LogP contribution is -2.50. The van der Waals surface area contributed by atoms with Gasteiger partial charge in [0.05, 0.1) is 10.3 Å². The SMILES string of the molecule is CC1(C)CCc2c(cc(OCC(=O)N3C[C@H]4C[C@@H](C3)c3ccc([N+](=O)[O-])c(=O)n3C4)c3c(-c4ccccc4)cc(=O)oc23)O1. The molecule has 3 aliphatic heterocycles. The molecule has 2 bridgehead atoms. The minimum Gasteiger partial charge on any atom is -0.487 e. The number of amides is 1. The van der Waals surface area contributed by atoms with Crippen LogP contribution in [0.2, 0.25) is 0 Å². The monoisotopic (exact) mass is 597 g/mol. The summed E-state index contributed by atoms with van der Waals surface area (Å²) >= 11 is 0. The molecule has 0 spiro atoms. The Kier molecular flexibility index (Phi) is 6.56. The number of aryl methyl sites for hydroxylation is 1. The van der Waals surface area contributed by atoms with Crippen LogP contribution in [0, 0.1) is 16.0 Å². The van der Waals surface area contributed by atoms with Gasteiger partial charge < -0.3 is 23.4 Å². The van der Waals surface area contributed by atoms with Gasteiger partial charge in [0.15, 0.2) is 6.61 Å². The second-order valence-electron chi connectivity index (χ2n) is 12.5. The fourth-order valence-electron chi connectivity index (χ4n) is 6.91. The highest BCUT2D eigenvalue weighted by Gasteiger charge is 2.38. The lowest BCUT2D eigenvalue weighted by Gasteiger charge is -2.42. The van der Waals surface area contributed by atoms with Gasteiger partial charge >= 0.3 is 16.9 Å². The fraction of sp³-hybridized carbons (Fsp3) is 0.364. The molecule has 2 atom stereocenters. The van der Waals surface area contributed by atoms with Crippen molar-refractivity contribution in [3.05, 3.63) is 96.7 Å². The summed E-state index contributed by atoms with van der Waals surface area (Å²) in [6.45, 7) is 4.86. The van der Waals surface area contributed by atoms with E-state index in [0.717, 1.165) is 24.0 Å². The van der Waals surface area contributed by atoms with E-state index in [0.29, 0.717) is 59.8 Å². The minimum absolute atomic E-state index is 0.0101. The van der Waals surface area contributed by atoms with Crippen molar-refractivity contribution in [3.8, 4) is 22.6 Å². The second kappa shape index (κ2) is 10.4. The molecule has 7 rings (SSSR count). The molecule has 11 heteroatoms. The van der Waals surface area contributed by atoms with Crippen LogP contribution >= 0.6 is 0 Å². The van der Waals surface area contributed by atoms with Gasteiger partial charge in [-0.3, -0.25) is 19.7 Å². The predicted octanol–water partition coefficient (Wildman–Crippen LogP) is 4.66. The number of nitro groups is 1. The molecule has 1 amide bonds. The molecular formula is C33H31N3O8. The summed E-state index contributed by atoms with van der Waals surface area (Å²) in [7, 11) is 0. The maximum absolute atomic E-state index is 13.6. The van der Waals surface area contributed by atoms with E-state index in [4.69, 9.17) is 13.9 Å². The standard InChI is InChI=1S/C33H31N3O8/c1-33(2)11-10-22-26(44-33)14-27(30-23(13-29(38)43-31(22)30)20-6-4-3-5-7-20)42-18-28(37)34-15-19-12-21(17-34)24-8-9-25(36(40)41)32(39)35(24)16-19/h3-9,13-14,19,21H,10-12,15-18H2,1-2H3/t19-,21+/m1/s1. The zero-order valence-electron chi connectivity index (χ0n) is 24.4. The average Bonchev–Trinajstić information content (AvgIpc) is 2.99. The van der Waals surface area contributed by atoms with Crippen LogP contribution < -0.4 is 20.7 Å². The number of hydrogen-bond acceptors (Lipinski definition) is 8. The first-order valence-corrected chi connectivity index (χ1v) is 14.7. The quantitative estimate of drug-likeness (QED) is 0.184. The molecule has 44 heavy (non-hydrogen) atoms. The maximum Gasteiger partial charge on any atom is 0.336 e. The minimum atomic E-state index is -0.655. The normalized spacial score (nSPS) is 19.9. The molecule has 0 unspecified atom stereocenters. The van der Waals surface area contributed by atoms with E-state index in [1.165, 1.54) is 16.7 Å². The van der Waals surface area contributed by atoms with E-state index in [9.17, 15) is 24.5 Å². The van der Waals surface area contributed by atoms with Crippen LogP contribution in [0.4, 0.5) is 5.69 Å². The lowest BCUT2D eigenvalue weighted by molar-refractivity contribution is -0.386. The topological polar surface area (TPSA) is 134 Å². The average molecular weight is 598 g/mol. The van der Waals surface area contributed by atoms with Gasteiger partial charge in [-0.15, -0.1) is 0 Å². The maximum atomic E-state index is 13.6. The lowest BCUT2D eigenvalue weighted by atomic mass is 9.83. The Labute approximate surface area is 251 Å². The highest BCUT2D eigenvalue weighted by molar-refractivity contribution is 6.00. The molecule has 11 nitrogen and oxygen atoms in total. The number of ether oxygens (including phenoxy) is 2. The van der Waals surface area contributed by atoms with Gasteiger partial charge in [-0.1, -0.05) is 30.3 Å². The summed E-state index contributed by atoms with van der Waals surface area (Å²) in [5.74, 6) is 0.605. The molecule has 2 aromatic heterocycles. The Morgan fingerprint density at radius 3 is 2.66 bits per heavy atom. The van der Waals surface area contributed by atoms with E-state index in [1.807, 2.05) is 44.2 Å². The van der Waals surface area contributed by atoms with Gasteiger partial charge in [-0.05, 0) is 50.7 Å². The van der Waals surface area contributed by atoms with Crippen molar-refractivity contribution < 1.29 is 23.6 Å². The first-order chi connectivity index (χ1) is 21.1. The van der Waals surface area contributed by atoms with Gasteiger partial charge in [-0.25, -0.2) is 4.79 Å². The second-order valence-corrected chi connectivity index (χ2v) is 12.5. The first-order valence-electron chi connectivity index (χ1n) is 14.7. The van der Waals surface area contributed by atoms with Gasteiger partial charge in [-0.2, -0.15) is 0 Å². The Hall–Kier alpha value is -4.93. The number of piperidine rings is 1. The highest BCUT2D eigenvalue weighted by atomic mass is 16.6. The van der Waals surface area contributed by atoms with Crippen molar-refractivity contribution in [3.63, 3.8) is 0 Å². The summed E-state index contributed by atoms with van der Waals surface area (Å²) in [4.78, 5) is 51.5. The van der Waals surface area contributed by atoms with Crippen molar-refractivity contribution in [2.75, 3.05) is 19.7 Å². The third-order valence-electron chi connectivity index (χ3n) is 8.97. The van der Waals surface area contributed by atoms with Crippen LogP contribution in [-0.4, -0.2) is 45.6 Å². The summed E-state index contributed by atoms with van der Waals surface area (Å²) < 4.78 is 19.8. The number of pyridine rings is 1. The van der Waals surface area contributed by atoms with E-state index in [2.05, 4.69) is 0 Å². The molecule has 3 aliphatic rings. The van der Waals surface area contributed by atoms with Crippen LogP contribution in [-0.2, 0) is 17.8 Å². The molecule has 2 aromatic carbocycles. The van der Waals surface area contributed by atoms with Gasteiger partial charge in [0, 0.05) is 60.6 Å². The van der Waals surface area contributed by atoms with Crippen LogP contribution in [0.25, 0.3) is 22.1 Å². The third-order valence-corrected chi connectivity index (χ3v) is 8.97. The number of nitrogens with zero attached hydrogens (tertiary/aromatic N) is 3. The third kappa shape index (κ3) is 4.82. The van der Waals surface area contributed by atoms with E-state index in [-0.39, 0.29) is 24.3 Å². The van der Waals surface area contributed by atoms with Gasteiger partial charge in [0.25, 0.3) is 5.91 Å². The fourth-order valence-corrected chi connectivity index (χ4v) is 6.91. The Morgan fingerprint density at radius 1 is 1.09 bits per heavy atom. The number of fused-ring (bicyclic) bond motifs is 7. The molecule has 0 saturated carbocycles. The zero-order chi connectivity index (χ0) is 30.7. The molecule has 1 saturated heterocycles. The number of carbonyl (C=O) groups excluding carboxylic acids is 1. The molecule has 0 aliphatic carbocycles. The van der Waals surface area contributed by atoms with E-state index >= 15 is 0 Å². The summed E-state index contributed by atoms with van der Waals surface area (Å²) in [5, 5.41) is 11.9. The van der Waals surface area contributed by atoms with Crippen LogP contribution in [0.1, 0.15) is 43.9 Å². The van der Waals surface area contributed by atoms with Gasteiger partial charge in [0.2, 0.25) is 0 Å². The van der Waals surface area contributed by atoms with Crippen LogP contribution in [0.15, 0.2) is 68.6 Å². The summed E-state index contributed by atoms with van der Waals surface area (Å²) in [6, 6.07) is 15.6. The summed E-state index contributed by atoms with van der Waals surface area (Å²) in [5.41, 5.74) is 1.42. The molecule has 0 radical (unpaired) electrons. The Balaban J connectivity index is 1.21. The highest BCUT2D eigenvalue weighted by Crippen LogP contribution is 2.45. The summed E-state index contributed by atoms with van der Waals surface area (Å²) in [6.07, 6.45) is 2.19. The zero-order valence-corrected chi connectivity index (χ0v) is 24.4. The van der Waals surface area contributed by atoms with E-state index in [1.54, 1.807) is 17.0 Å². The predicted molar refractivity (Wildman–Crippen MR) is 161 cm³/mol. The molecule has 5 heterocycles. The number of aromatic nitrogens is 1. The molecular weight excluding hydrogens is 566 g/mol. The smallest absolute Gasteiger partial charge is 0.336 e. The van der Waals surface area contributed by atoms with Crippen LogP contribution in [0.5, 0.6) is 11.5 Å².